The summed E-state index contributed by atoms with van der Waals surface area (Å²) < 4.78 is 10.4. The van der Waals surface area contributed by atoms with Crippen molar-refractivity contribution in [3.05, 3.63) is 59.2 Å². The molecule has 0 atom stereocenters. The molecule has 5 heteroatoms. The first-order chi connectivity index (χ1) is 11.2. The van der Waals surface area contributed by atoms with Gasteiger partial charge in [-0.2, -0.15) is 0 Å². The van der Waals surface area contributed by atoms with Crippen LogP contribution in [0, 0.1) is 0 Å². The smallest absolute Gasteiger partial charge is 0.199 e. The molecule has 1 aliphatic rings. The Balaban J connectivity index is 1.99. The minimum absolute atomic E-state index is 0.0591. The number of allylic oxidation sites excluding steroid dienone is 1. The van der Waals surface area contributed by atoms with Gasteiger partial charge < -0.3 is 14.6 Å². The highest BCUT2D eigenvalue weighted by atomic mass is 16.5. The van der Waals surface area contributed by atoms with Crippen LogP contribution < -0.4 is 9.47 Å². The van der Waals surface area contributed by atoms with Gasteiger partial charge in [0.15, 0.2) is 5.78 Å². The summed E-state index contributed by atoms with van der Waals surface area (Å²) in [6, 6.07) is 12.1. The largest absolute Gasteiger partial charge is 0.506 e. The third kappa shape index (κ3) is 2.57. The average molecular weight is 309 g/mol. The molecule has 5 nitrogen and oxygen atoms in total. The second-order valence-electron chi connectivity index (χ2n) is 4.93. The lowest BCUT2D eigenvalue weighted by Gasteiger charge is -2.06. The van der Waals surface area contributed by atoms with E-state index in [2.05, 4.69) is 4.99 Å². The number of benzene rings is 2. The molecule has 0 unspecified atom stereocenters. The Kier molecular flexibility index (Phi) is 3.85. The van der Waals surface area contributed by atoms with E-state index in [1.807, 2.05) is 0 Å². The first-order valence-electron chi connectivity index (χ1n) is 6.99. The van der Waals surface area contributed by atoms with Crippen LogP contribution in [0.4, 0.5) is 5.69 Å². The number of ether oxygens (including phenoxy) is 2. The molecule has 1 N–H and O–H groups in total. The van der Waals surface area contributed by atoms with Gasteiger partial charge in [-0.1, -0.05) is 24.3 Å². The molecular formula is C18H15NO4. The first kappa shape index (κ1) is 14.8. The van der Waals surface area contributed by atoms with Gasteiger partial charge in [0.25, 0.3) is 0 Å². The van der Waals surface area contributed by atoms with Crippen molar-refractivity contribution in [3.8, 4) is 11.5 Å². The summed E-state index contributed by atoms with van der Waals surface area (Å²) in [7, 11) is 3.09. The number of hydrogen-bond acceptors (Lipinski definition) is 5. The van der Waals surface area contributed by atoms with Crippen LogP contribution in [0.5, 0.6) is 11.5 Å². The predicted molar refractivity (Wildman–Crippen MR) is 88.0 cm³/mol. The summed E-state index contributed by atoms with van der Waals surface area (Å²) in [4.78, 5) is 16.6. The zero-order valence-electron chi connectivity index (χ0n) is 12.7. The van der Waals surface area contributed by atoms with E-state index in [9.17, 15) is 9.90 Å². The van der Waals surface area contributed by atoms with Crippen molar-refractivity contribution in [2.24, 2.45) is 4.99 Å². The number of carbonyl (C=O) groups is 1. The number of hydrogen-bond donors (Lipinski definition) is 1. The molecule has 23 heavy (non-hydrogen) atoms. The van der Waals surface area contributed by atoms with Crippen molar-refractivity contribution >= 4 is 23.4 Å². The molecular weight excluding hydrogens is 294 g/mol. The van der Waals surface area contributed by atoms with Crippen LogP contribution in [0.15, 0.2) is 53.0 Å². The Morgan fingerprint density at radius 3 is 2.43 bits per heavy atom. The Morgan fingerprint density at radius 2 is 1.78 bits per heavy atom. The standard InChI is InChI=1S/C18H15NO4/c1-22-11-7-8-16(23-2)15(9-11)19-10-14-17(20)12-5-3-4-6-13(12)18(14)21/h3-10,20H,1-2H3. The summed E-state index contributed by atoms with van der Waals surface area (Å²) in [6.07, 6.45) is 1.36. The van der Waals surface area contributed by atoms with Crippen molar-refractivity contribution in [3.63, 3.8) is 0 Å². The lowest BCUT2D eigenvalue weighted by atomic mass is 10.1. The minimum Gasteiger partial charge on any atom is -0.506 e. The number of Topliss-reactive ketones (excluding diaryl/α,β-unsaturated/α-hetero) is 1. The molecule has 0 radical (unpaired) electrons. The van der Waals surface area contributed by atoms with E-state index in [-0.39, 0.29) is 17.1 Å². The van der Waals surface area contributed by atoms with Gasteiger partial charge in [-0.05, 0) is 12.1 Å². The van der Waals surface area contributed by atoms with Gasteiger partial charge in [-0.15, -0.1) is 0 Å². The number of aliphatic hydroxyl groups excluding tert-OH is 1. The quantitative estimate of drug-likeness (QED) is 0.877. The molecule has 0 saturated heterocycles. The van der Waals surface area contributed by atoms with Crippen LogP contribution in [0.1, 0.15) is 15.9 Å². The van der Waals surface area contributed by atoms with E-state index >= 15 is 0 Å². The Morgan fingerprint density at radius 1 is 1.04 bits per heavy atom. The molecule has 116 valence electrons. The molecule has 3 rings (SSSR count). The van der Waals surface area contributed by atoms with Gasteiger partial charge in [0, 0.05) is 23.4 Å². The lowest BCUT2D eigenvalue weighted by Crippen LogP contribution is -1.99. The van der Waals surface area contributed by atoms with Crippen molar-refractivity contribution < 1.29 is 19.4 Å². The minimum atomic E-state index is -0.247. The van der Waals surface area contributed by atoms with Crippen LogP contribution in [-0.4, -0.2) is 31.3 Å². The highest BCUT2D eigenvalue weighted by Gasteiger charge is 2.28. The highest BCUT2D eigenvalue weighted by molar-refractivity contribution is 6.30. The monoisotopic (exact) mass is 309 g/mol. The zero-order chi connectivity index (χ0) is 16.4. The van der Waals surface area contributed by atoms with Gasteiger partial charge in [0.1, 0.15) is 22.9 Å². The van der Waals surface area contributed by atoms with Crippen molar-refractivity contribution in [2.45, 2.75) is 0 Å². The van der Waals surface area contributed by atoms with Crippen molar-refractivity contribution in [1.29, 1.82) is 0 Å². The number of methoxy groups -OCH3 is 2. The number of aliphatic imine (C=N–C) groups is 1. The molecule has 0 aliphatic heterocycles. The zero-order valence-corrected chi connectivity index (χ0v) is 12.7. The molecule has 0 fully saturated rings. The summed E-state index contributed by atoms with van der Waals surface area (Å²) in [5, 5.41) is 10.2. The number of carbonyl (C=O) groups excluding carboxylic acids is 1. The van der Waals surface area contributed by atoms with E-state index in [4.69, 9.17) is 9.47 Å². The number of nitrogens with zero attached hydrogens (tertiary/aromatic N) is 1. The molecule has 2 aromatic rings. The molecule has 0 amide bonds. The Bertz CT molecular complexity index is 837. The molecule has 0 aromatic heterocycles. The van der Waals surface area contributed by atoms with Crippen molar-refractivity contribution in [1.82, 2.24) is 0 Å². The number of ketones is 1. The lowest BCUT2D eigenvalue weighted by molar-refractivity contribution is 0.104. The predicted octanol–water partition coefficient (Wildman–Crippen LogP) is 3.57. The van der Waals surface area contributed by atoms with Crippen LogP contribution in [0.25, 0.3) is 5.76 Å². The van der Waals surface area contributed by atoms with Gasteiger partial charge >= 0.3 is 0 Å². The van der Waals surface area contributed by atoms with Gasteiger partial charge in [0.05, 0.1) is 19.8 Å². The third-order valence-corrected chi connectivity index (χ3v) is 3.65. The summed E-state index contributed by atoms with van der Waals surface area (Å²) >= 11 is 0. The van der Waals surface area contributed by atoms with Crippen LogP contribution in [0.2, 0.25) is 0 Å². The van der Waals surface area contributed by atoms with E-state index in [0.29, 0.717) is 28.3 Å². The maximum Gasteiger partial charge on any atom is 0.199 e. The third-order valence-electron chi connectivity index (χ3n) is 3.65. The van der Waals surface area contributed by atoms with Crippen molar-refractivity contribution in [2.75, 3.05) is 14.2 Å². The fourth-order valence-corrected chi connectivity index (χ4v) is 2.44. The summed E-state index contributed by atoms with van der Waals surface area (Å²) in [5.74, 6) is 0.863. The Hall–Kier alpha value is -3.08. The van der Waals surface area contributed by atoms with E-state index in [1.165, 1.54) is 13.3 Å². The maximum absolute atomic E-state index is 12.3. The summed E-state index contributed by atoms with van der Waals surface area (Å²) in [5.41, 5.74) is 1.67. The topological polar surface area (TPSA) is 68.1 Å². The number of aliphatic hydroxyl groups is 1. The second-order valence-corrected chi connectivity index (χ2v) is 4.93. The van der Waals surface area contributed by atoms with Gasteiger partial charge in [-0.25, -0.2) is 0 Å². The Labute approximate surface area is 133 Å². The van der Waals surface area contributed by atoms with E-state index in [1.54, 1.807) is 49.6 Å². The molecule has 2 aromatic carbocycles. The van der Waals surface area contributed by atoms with E-state index in [0.717, 1.165) is 0 Å². The van der Waals surface area contributed by atoms with Crippen LogP contribution in [-0.2, 0) is 0 Å². The number of rotatable bonds is 4. The highest BCUT2D eigenvalue weighted by Crippen LogP contribution is 2.33. The SMILES string of the molecule is COc1ccc(OC)c(N=CC2=C(O)c3ccccc3C2=O)c1. The first-order valence-corrected chi connectivity index (χ1v) is 6.99. The van der Waals surface area contributed by atoms with Crippen LogP contribution in [0.3, 0.4) is 0 Å². The average Bonchev–Trinajstić information content (AvgIpc) is 2.84. The maximum atomic E-state index is 12.3. The van der Waals surface area contributed by atoms with Crippen LogP contribution >= 0.6 is 0 Å². The molecule has 0 heterocycles. The molecule has 0 spiro atoms. The molecule has 0 bridgehead atoms. The summed E-state index contributed by atoms with van der Waals surface area (Å²) in [6.45, 7) is 0. The van der Waals surface area contributed by atoms with E-state index < -0.39 is 0 Å². The molecule has 0 saturated carbocycles. The van der Waals surface area contributed by atoms with Gasteiger partial charge in [0.2, 0.25) is 0 Å². The van der Waals surface area contributed by atoms with Gasteiger partial charge in [-0.3, -0.25) is 9.79 Å². The normalized spacial score (nSPS) is 13.6. The number of fused-ring (bicyclic) bond motifs is 1. The molecule has 1 aliphatic carbocycles. The second kappa shape index (κ2) is 5.96. The fourth-order valence-electron chi connectivity index (χ4n) is 2.44. The fraction of sp³-hybridized carbons (Fsp3) is 0.111.